The van der Waals surface area contributed by atoms with Crippen LogP contribution in [0.15, 0.2) is 0 Å². The summed E-state index contributed by atoms with van der Waals surface area (Å²) in [6.07, 6.45) is 1.52. The summed E-state index contributed by atoms with van der Waals surface area (Å²) in [5.41, 5.74) is 0.0288. The van der Waals surface area contributed by atoms with E-state index in [9.17, 15) is 8.42 Å². The first-order chi connectivity index (χ1) is 6.88. The Morgan fingerprint density at radius 2 is 1.81 bits per heavy atom. The zero-order chi connectivity index (χ0) is 11.1. The highest BCUT2D eigenvalue weighted by Gasteiger charge is 2.38. The molecule has 0 aliphatic carbocycles. The Morgan fingerprint density at radius 1 is 1.25 bits per heavy atom. The van der Waals surface area contributed by atoms with Crippen molar-refractivity contribution in [3.8, 4) is 0 Å². The van der Waals surface area contributed by atoms with Gasteiger partial charge in [0, 0.05) is 11.5 Å². The first kappa shape index (κ1) is 14.2. The number of hydrogen-bond acceptors (Lipinski definition) is 4. The molecule has 1 atom stereocenters. The summed E-state index contributed by atoms with van der Waals surface area (Å²) in [5.74, 6) is 0.995. The predicted molar refractivity (Wildman–Crippen MR) is 65.6 cm³/mol. The van der Waals surface area contributed by atoms with Gasteiger partial charge in [0.15, 0.2) is 0 Å². The molecule has 2 rings (SSSR count). The average molecular weight is 270 g/mol. The highest BCUT2D eigenvalue weighted by molar-refractivity contribution is 7.91. The zero-order valence-corrected chi connectivity index (χ0v) is 11.4. The van der Waals surface area contributed by atoms with E-state index in [2.05, 4.69) is 19.2 Å². The molecule has 0 aromatic heterocycles. The second-order valence-electron chi connectivity index (χ2n) is 5.25. The fourth-order valence-electron chi connectivity index (χ4n) is 2.23. The molecule has 0 amide bonds. The van der Waals surface area contributed by atoms with E-state index in [4.69, 9.17) is 4.74 Å². The monoisotopic (exact) mass is 269 g/mol. The zero-order valence-electron chi connectivity index (χ0n) is 9.73. The molecule has 0 radical (unpaired) electrons. The summed E-state index contributed by atoms with van der Waals surface area (Å²) in [5, 5.41) is 3.41. The molecule has 1 N–H and O–H groups in total. The minimum absolute atomic E-state index is 0. The Labute approximate surface area is 103 Å². The summed E-state index contributed by atoms with van der Waals surface area (Å²) in [6.45, 7) is 4.92. The van der Waals surface area contributed by atoms with Crippen molar-refractivity contribution >= 4 is 22.2 Å². The van der Waals surface area contributed by atoms with Crippen molar-refractivity contribution in [1.29, 1.82) is 0 Å². The van der Waals surface area contributed by atoms with Gasteiger partial charge in [-0.1, -0.05) is 0 Å². The van der Waals surface area contributed by atoms with Gasteiger partial charge in [-0.05, 0) is 26.7 Å². The van der Waals surface area contributed by atoms with Gasteiger partial charge in [-0.15, -0.1) is 12.4 Å². The van der Waals surface area contributed by atoms with E-state index in [0.717, 1.165) is 12.8 Å². The number of sulfone groups is 1. The molecule has 0 spiro atoms. The molecular weight excluding hydrogens is 250 g/mol. The van der Waals surface area contributed by atoms with Gasteiger partial charge in [-0.3, -0.25) is 5.32 Å². The van der Waals surface area contributed by atoms with Gasteiger partial charge in [-0.25, -0.2) is 8.42 Å². The second-order valence-corrected chi connectivity index (χ2v) is 7.55. The number of rotatable bonds is 1. The third-order valence-corrected chi connectivity index (χ3v) is 4.90. The van der Waals surface area contributed by atoms with Crippen molar-refractivity contribution in [2.24, 2.45) is 5.92 Å². The lowest BCUT2D eigenvalue weighted by Crippen LogP contribution is -2.44. The molecule has 2 saturated heterocycles. The van der Waals surface area contributed by atoms with Gasteiger partial charge >= 0.3 is 0 Å². The number of hydrogen-bond donors (Lipinski definition) is 1. The second kappa shape index (κ2) is 4.80. The average Bonchev–Trinajstić information content (AvgIpc) is 2.46. The van der Waals surface area contributed by atoms with Crippen molar-refractivity contribution < 1.29 is 13.2 Å². The van der Waals surface area contributed by atoms with Gasteiger partial charge in [0.2, 0.25) is 0 Å². The quantitative estimate of drug-likeness (QED) is 0.770. The summed E-state index contributed by atoms with van der Waals surface area (Å²) in [6, 6.07) is 0. The van der Waals surface area contributed by atoms with E-state index >= 15 is 0 Å². The van der Waals surface area contributed by atoms with Gasteiger partial charge in [-0.2, -0.15) is 0 Å². The Morgan fingerprint density at radius 3 is 2.25 bits per heavy atom. The van der Waals surface area contributed by atoms with E-state index in [1.54, 1.807) is 0 Å². The van der Waals surface area contributed by atoms with Crippen LogP contribution in [0.3, 0.4) is 0 Å². The van der Waals surface area contributed by atoms with Crippen LogP contribution in [0.2, 0.25) is 0 Å². The van der Waals surface area contributed by atoms with Gasteiger partial charge < -0.3 is 4.74 Å². The van der Waals surface area contributed by atoms with Gasteiger partial charge in [0.05, 0.1) is 18.1 Å². The minimum Gasteiger partial charge on any atom is -0.361 e. The third kappa shape index (κ3) is 3.32. The molecule has 0 bridgehead atoms. The van der Waals surface area contributed by atoms with Crippen LogP contribution in [-0.4, -0.2) is 38.3 Å². The lowest BCUT2D eigenvalue weighted by Gasteiger charge is -2.28. The highest BCUT2D eigenvalue weighted by Crippen LogP contribution is 2.27. The van der Waals surface area contributed by atoms with Crippen LogP contribution >= 0.6 is 12.4 Å². The van der Waals surface area contributed by atoms with Crippen LogP contribution in [-0.2, 0) is 14.6 Å². The number of nitrogens with one attached hydrogen (secondary N) is 1. The van der Waals surface area contributed by atoms with Crippen molar-refractivity contribution in [2.45, 2.75) is 38.5 Å². The molecule has 16 heavy (non-hydrogen) atoms. The molecule has 2 aliphatic heterocycles. The molecule has 0 saturated carbocycles. The number of ether oxygens (including phenoxy) is 1. The first-order valence-electron chi connectivity index (χ1n) is 5.48. The molecule has 1 unspecified atom stereocenters. The van der Waals surface area contributed by atoms with Crippen LogP contribution in [0.5, 0.6) is 0 Å². The lowest BCUT2D eigenvalue weighted by molar-refractivity contribution is 0.0472. The van der Waals surface area contributed by atoms with Gasteiger partial charge in [0.25, 0.3) is 0 Å². The molecule has 4 nitrogen and oxygen atoms in total. The molecule has 0 aromatic carbocycles. The maximum Gasteiger partial charge on any atom is 0.150 e. The summed E-state index contributed by atoms with van der Waals surface area (Å²) < 4.78 is 28.2. The maximum absolute atomic E-state index is 11.3. The van der Waals surface area contributed by atoms with E-state index in [-0.39, 0.29) is 24.2 Å². The molecule has 2 heterocycles. The van der Waals surface area contributed by atoms with E-state index < -0.39 is 9.84 Å². The fraction of sp³-hybridized carbons (Fsp3) is 1.00. The molecule has 0 aromatic rings. The van der Waals surface area contributed by atoms with Crippen molar-refractivity contribution in [1.82, 2.24) is 5.32 Å². The SMILES string of the molecule is CC1(C)COC(C2CCS(=O)(=O)CC2)N1.Cl. The molecule has 96 valence electrons. The van der Waals surface area contributed by atoms with Crippen molar-refractivity contribution in [3.05, 3.63) is 0 Å². The van der Waals surface area contributed by atoms with Gasteiger partial charge in [0.1, 0.15) is 16.1 Å². The predicted octanol–water partition coefficient (Wildman–Crippen LogP) is 0.957. The van der Waals surface area contributed by atoms with Crippen LogP contribution in [0.25, 0.3) is 0 Å². The molecule has 2 fully saturated rings. The molecular formula is C10H20ClNO3S. The minimum atomic E-state index is -2.76. The third-order valence-electron chi connectivity index (χ3n) is 3.18. The molecule has 6 heteroatoms. The van der Waals surface area contributed by atoms with Crippen molar-refractivity contribution in [2.75, 3.05) is 18.1 Å². The van der Waals surface area contributed by atoms with E-state index in [1.165, 1.54) is 0 Å². The van der Waals surface area contributed by atoms with Crippen LogP contribution in [0.4, 0.5) is 0 Å². The Kier molecular flexibility index (Phi) is 4.27. The van der Waals surface area contributed by atoms with Crippen LogP contribution in [0, 0.1) is 5.92 Å². The van der Waals surface area contributed by atoms with E-state index in [0.29, 0.717) is 24.0 Å². The normalized spacial score (nSPS) is 33.2. The van der Waals surface area contributed by atoms with E-state index in [1.807, 2.05) is 0 Å². The molecule has 2 aliphatic rings. The lowest BCUT2D eigenvalue weighted by atomic mass is 10.00. The summed E-state index contributed by atoms with van der Waals surface area (Å²) >= 11 is 0. The summed E-state index contributed by atoms with van der Waals surface area (Å²) in [4.78, 5) is 0. The number of halogens is 1. The Bertz CT molecular complexity index is 328. The van der Waals surface area contributed by atoms with Crippen molar-refractivity contribution in [3.63, 3.8) is 0 Å². The smallest absolute Gasteiger partial charge is 0.150 e. The standard InChI is InChI=1S/C10H19NO3S.ClH/c1-10(2)7-14-9(11-10)8-3-5-15(12,13)6-4-8;/h8-9,11H,3-7H2,1-2H3;1H. The maximum atomic E-state index is 11.3. The topological polar surface area (TPSA) is 55.4 Å². The first-order valence-corrected chi connectivity index (χ1v) is 7.30. The summed E-state index contributed by atoms with van der Waals surface area (Å²) in [7, 11) is -2.76. The largest absolute Gasteiger partial charge is 0.361 e. The Balaban J connectivity index is 0.00000128. The fourth-order valence-corrected chi connectivity index (χ4v) is 3.76. The van der Waals surface area contributed by atoms with Crippen LogP contribution in [0.1, 0.15) is 26.7 Å². The Hall–Kier alpha value is 0.160. The highest BCUT2D eigenvalue weighted by atomic mass is 35.5. The van der Waals surface area contributed by atoms with Crippen LogP contribution < -0.4 is 5.32 Å².